The normalized spacial score (nSPS) is 14.9. The Labute approximate surface area is 149 Å². The van der Waals surface area contributed by atoms with Crippen LogP contribution in [0.5, 0.6) is 5.75 Å². The Morgan fingerprint density at radius 2 is 1.80 bits per heavy atom. The summed E-state index contributed by atoms with van der Waals surface area (Å²) in [5.74, 6) is 0.643. The van der Waals surface area contributed by atoms with Gasteiger partial charge in [-0.05, 0) is 54.8 Å². The van der Waals surface area contributed by atoms with Gasteiger partial charge >= 0.3 is 0 Å². The minimum atomic E-state index is -3.46. The highest BCUT2D eigenvalue weighted by Gasteiger charge is 2.16. The second-order valence-electron chi connectivity index (χ2n) is 6.22. The average molecular weight is 360 g/mol. The van der Waals surface area contributed by atoms with Crippen molar-refractivity contribution in [3.05, 3.63) is 59.7 Å². The van der Waals surface area contributed by atoms with Gasteiger partial charge in [0.2, 0.25) is 10.0 Å². The zero-order valence-corrected chi connectivity index (χ0v) is 15.3. The van der Waals surface area contributed by atoms with E-state index in [1.807, 2.05) is 0 Å². The summed E-state index contributed by atoms with van der Waals surface area (Å²) in [6, 6.07) is 14.9. The Balaban J connectivity index is 1.46. The van der Waals surface area contributed by atoms with Crippen molar-refractivity contribution in [3.63, 3.8) is 0 Å². The Bertz CT molecular complexity index is 804. The molecule has 134 valence electrons. The van der Waals surface area contributed by atoms with Crippen LogP contribution in [0.3, 0.4) is 0 Å². The van der Waals surface area contributed by atoms with Gasteiger partial charge in [0.15, 0.2) is 0 Å². The van der Waals surface area contributed by atoms with Gasteiger partial charge in [0.1, 0.15) is 5.75 Å². The molecule has 1 aliphatic rings. The zero-order valence-electron chi connectivity index (χ0n) is 14.4. The lowest BCUT2D eigenvalue weighted by Gasteiger charge is -2.28. The zero-order chi connectivity index (χ0) is 17.7. The predicted molar refractivity (Wildman–Crippen MR) is 98.2 cm³/mol. The van der Waals surface area contributed by atoms with E-state index in [9.17, 15) is 8.42 Å². The SMILES string of the molecule is COc1ccc(S(=O)(=O)NCCCN2CCc3ccccc3C2)cc1. The van der Waals surface area contributed by atoms with Crippen molar-refractivity contribution in [2.45, 2.75) is 24.3 Å². The molecule has 6 heteroatoms. The van der Waals surface area contributed by atoms with E-state index >= 15 is 0 Å². The van der Waals surface area contributed by atoms with E-state index in [2.05, 4.69) is 33.9 Å². The molecule has 1 N–H and O–H groups in total. The molecule has 25 heavy (non-hydrogen) atoms. The van der Waals surface area contributed by atoms with Crippen molar-refractivity contribution < 1.29 is 13.2 Å². The molecule has 0 spiro atoms. The molecule has 0 fully saturated rings. The Hall–Kier alpha value is -1.89. The molecule has 2 aromatic carbocycles. The summed E-state index contributed by atoms with van der Waals surface area (Å²) < 4.78 is 32.3. The number of methoxy groups -OCH3 is 1. The third kappa shape index (κ3) is 4.60. The van der Waals surface area contributed by atoms with Crippen molar-refractivity contribution >= 4 is 10.0 Å². The maximum absolute atomic E-state index is 12.3. The molecule has 5 nitrogen and oxygen atoms in total. The van der Waals surface area contributed by atoms with Gasteiger partial charge in [-0.3, -0.25) is 4.90 Å². The molecule has 0 unspecified atom stereocenters. The topological polar surface area (TPSA) is 58.6 Å². The number of nitrogens with one attached hydrogen (secondary N) is 1. The van der Waals surface area contributed by atoms with Crippen LogP contribution in [0.4, 0.5) is 0 Å². The number of hydrogen-bond donors (Lipinski definition) is 1. The highest BCUT2D eigenvalue weighted by Crippen LogP contribution is 2.18. The van der Waals surface area contributed by atoms with E-state index in [1.54, 1.807) is 31.4 Å². The van der Waals surface area contributed by atoms with Crippen LogP contribution in [0.2, 0.25) is 0 Å². The van der Waals surface area contributed by atoms with Crippen LogP contribution < -0.4 is 9.46 Å². The van der Waals surface area contributed by atoms with E-state index < -0.39 is 10.0 Å². The van der Waals surface area contributed by atoms with Crippen LogP contribution in [0.25, 0.3) is 0 Å². The average Bonchev–Trinajstić information content (AvgIpc) is 2.65. The molecule has 0 saturated heterocycles. The van der Waals surface area contributed by atoms with Crippen molar-refractivity contribution in [1.29, 1.82) is 0 Å². The Morgan fingerprint density at radius 1 is 1.08 bits per heavy atom. The van der Waals surface area contributed by atoms with Gasteiger partial charge in [-0.15, -0.1) is 0 Å². The highest BCUT2D eigenvalue weighted by molar-refractivity contribution is 7.89. The van der Waals surface area contributed by atoms with Crippen LogP contribution in [0.1, 0.15) is 17.5 Å². The molecular weight excluding hydrogens is 336 g/mol. The second-order valence-corrected chi connectivity index (χ2v) is 7.99. The fourth-order valence-electron chi connectivity index (χ4n) is 3.09. The van der Waals surface area contributed by atoms with Crippen molar-refractivity contribution in [1.82, 2.24) is 9.62 Å². The highest BCUT2D eigenvalue weighted by atomic mass is 32.2. The number of ether oxygens (including phenoxy) is 1. The summed E-state index contributed by atoms with van der Waals surface area (Å²) in [5.41, 5.74) is 2.81. The van der Waals surface area contributed by atoms with E-state index in [0.29, 0.717) is 12.3 Å². The minimum absolute atomic E-state index is 0.264. The van der Waals surface area contributed by atoms with Crippen LogP contribution in [0, 0.1) is 0 Å². The molecule has 1 aliphatic heterocycles. The predicted octanol–water partition coefficient (Wildman–Crippen LogP) is 2.42. The summed E-state index contributed by atoms with van der Waals surface area (Å²) in [6.07, 6.45) is 1.85. The molecule has 0 atom stereocenters. The van der Waals surface area contributed by atoms with Gasteiger partial charge in [0.25, 0.3) is 0 Å². The maximum atomic E-state index is 12.3. The minimum Gasteiger partial charge on any atom is -0.497 e. The van der Waals surface area contributed by atoms with E-state index in [-0.39, 0.29) is 4.90 Å². The first kappa shape index (κ1) is 17.9. The molecule has 0 aromatic heterocycles. The lowest BCUT2D eigenvalue weighted by Crippen LogP contribution is -2.33. The summed E-state index contributed by atoms with van der Waals surface area (Å²) >= 11 is 0. The summed E-state index contributed by atoms with van der Waals surface area (Å²) in [4.78, 5) is 2.64. The van der Waals surface area contributed by atoms with Crippen molar-refractivity contribution in [2.24, 2.45) is 0 Å². The van der Waals surface area contributed by atoms with Crippen molar-refractivity contribution in [2.75, 3.05) is 26.7 Å². The molecular formula is C19H24N2O3S. The van der Waals surface area contributed by atoms with Crippen LogP contribution in [-0.4, -0.2) is 40.1 Å². The Kier molecular flexibility index (Phi) is 5.73. The molecule has 1 heterocycles. The molecule has 0 saturated carbocycles. The van der Waals surface area contributed by atoms with E-state index in [4.69, 9.17) is 4.74 Å². The van der Waals surface area contributed by atoms with Gasteiger partial charge in [-0.2, -0.15) is 0 Å². The number of sulfonamides is 1. The fraction of sp³-hybridized carbons (Fsp3) is 0.368. The van der Waals surface area contributed by atoms with Crippen molar-refractivity contribution in [3.8, 4) is 5.75 Å². The smallest absolute Gasteiger partial charge is 0.240 e. The third-order valence-corrected chi connectivity index (χ3v) is 6.00. The van der Waals surface area contributed by atoms with Gasteiger partial charge < -0.3 is 4.74 Å². The molecule has 0 aliphatic carbocycles. The first-order valence-corrected chi connectivity index (χ1v) is 10.00. The summed E-state index contributed by atoms with van der Waals surface area (Å²) in [6.45, 7) is 3.30. The first-order valence-electron chi connectivity index (χ1n) is 8.51. The molecule has 0 bridgehead atoms. The number of benzene rings is 2. The van der Waals surface area contributed by atoms with Gasteiger partial charge in [-0.1, -0.05) is 24.3 Å². The molecule has 0 radical (unpaired) electrons. The number of rotatable bonds is 7. The second kappa shape index (κ2) is 7.99. The largest absolute Gasteiger partial charge is 0.497 e. The number of fused-ring (bicyclic) bond motifs is 1. The maximum Gasteiger partial charge on any atom is 0.240 e. The molecule has 3 rings (SSSR count). The van der Waals surface area contributed by atoms with E-state index in [1.165, 1.54) is 11.1 Å². The van der Waals surface area contributed by atoms with E-state index in [0.717, 1.165) is 32.5 Å². The monoisotopic (exact) mass is 360 g/mol. The Morgan fingerprint density at radius 3 is 2.52 bits per heavy atom. The van der Waals surface area contributed by atoms with Crippen LogP contribution in [0.15, 0.2) is 53.4 Å². The van der Waals surface area contributed by atoms with Gasteiger partial charge in [0.05, 0.1) is 12.0 Å². The first-order chi connectivity index (χ1) is 12.1. The standard InChI is InChI=1S/C19H24N2O3S/c1-24-18-7-9-19(10-8-18)25(22,23)20-12-4-13-21-14-11-16-5-2-3-6-17(16)15-21/h2-3,5-10,20H,4,11-15H2,1H3. The lowest BCUT2D eigenvalue weighted by molar-refractivity contribution is 0.251. The molecule has 0 amide bonds. The van der Waals surface area contributed by atoms with Gasteiger partial charge in [0, 0.05) is 19.6 Å². The summed E-state index contributed by atoms with van der Waals surface area (Å²) in [5, 5.41) is 0. The van der Waals surface area contributed by atoms with Crippen LogP contribution >= 0.6 is 0 Å². The molecule has 2 aromatic rings. The van der Waals surface area contributed by atoms with Gasteiger partial charge in [-0.25, -0.2) is 13.1 Å². The number of nitrogens with zero attached hydrogens (tertiary/aromatic N) is 1. The third-order valence-electron chi connectivity index (χ3n) is 4.52. The lowest BCUT2D eigenvalue weighted by atomic mass is 10.00. The number of hydrogen-bond acceptors (Lipinski definition) is 4. The fourth-order valence-corrected chi connectivity index (χ4v) is 4.17. The summed E-state index contributed by atoms with van der Waals surface area (Å²) in [7, 11) is -1.90. The quantitative estimate of drug-likeness (QED) is 0.771. The van der Waals surface area contributed by atoms with Crippen LogP contribution in [-0.2, 0) is 23.0 Å².